The number of carbonyl (C=O) groups is 1. The zero-order valence-corrected chi connectivity index (χ0v) is 40.6. The number of esters is 1. The Labute approximate surface area is 371 Å². The Morgan fingerprint density at radius 2 is 0.750 bits per heavy atom. The second kappa shape index (κ2) is 47.9. The van der Waals surface area contributed by atoms with Crippen molar-refractivity contribution in [1.82, 2.24) is 0 Å². The number of carbonyl (C=O) groups excluding carboxylic acids is 1. The molecule has 0 saturated carbocycles. The fraction of sp³-hybridized carbons (Fsp3) is 0.980. The Morgan fingerprint density at radius 3 is 1.08 bits per heavy atom. The maximum atomic E-state index is 12.7. The van der Waals surface area contributed by atoms with Crippen LogP contribution in [0.15, 0.2) is 0 Å². The quantitative estimate of drug-likeness (QED) is 0.0310. The number of ether oxygens (including phenoxy) is 2. The van der Waals surface area contributed by atoms with Gasteiger partial charge in [-0.3, -0.25) is 13.8 Å². The highest BCUT2D eigenvalue weighted by Gasteiger charge is 2.26. The molecule has 0 aromatic carbocycles. The number of hydrogen-bond acceptors (Lipinski definition) is 8. The van der Waals surface area contributed by atoms with Gasteiger partial charge in [0.15, 0.2) is 0 Å². The van der Waals surface area contributed by atoms with Gasteiger partial charge in [0.2, 0.25) is 0 Å². The molecule has 0 spiro atoms. The smallest absolute Gasteiger partial charge is 0.457 e. The molecular weight excluding hydrogens is 776 g/mol. The van der Waals surface area contributed by atoms with Crippen LogP contribution in [0, 0.1) is 0 Å². The van der Waals surface area contributed by atoms with Crippen molar-refractivity contribution in [3.63, 3.8) is 0 Å². The number of aliphatic hydroxyl groups is 2. The van der Waals surface area contributed by atoms with E-state index in [4.69, 9.17) is 23.6 Å². The standard InChI is InChI=1S/C50H101O9P/c1-3-5-7-9-11-13-15-17-19-21-22-23-24-25-26-28-30-32-34-36-38-40-42-50(53)59-49(47-58-60(54,55)57-45-48(52)44-51)46-56-43-41-39-37-35-33-31-29-27-20-18-16-14-12-10-8-6-4-2/h48-49,51-52H,3-47H2,1-2H3,(H,54,55). The highest BCUT2D eigenvalue weighted by atomic mass is 31.2. The first-order valence-corrected chi connectivity index (χ1v) is 27.5. The summed E-state index contributed by atoms with van der Waals surface area (Å²) in [7, 11) is -4.51. The summed E-state index contributed by atoms with van der Waals surface area (Å²) >= 11 is 0. The minimum Gasteiger partial charge on any atom is -0.457 e. The molecule has 0 fully saturated rings. The van der Waals surface area contributed by atoms with Crippen LogP contribution in [-0.2, 0) is 27.9 Å². The molecule has 60 heavy (non-hydrogen) atoms. The third-order valence-corrected chi connectivity index (χ3v) is 12.7. The van der Waals surface area contributed by atoms with Gasteiger partial charge in [-0.2, -0.15) is 0 Å². The van der Waals surface area contributed by atoms with Gasteiger partial charge < -0.3 is 24.6 Å². The fourth-order valence-electron chi connectivity index (χ4n) is 7.83. The number of aliphatic hydroxyl groups excluding tert-OH is 2. The molecule has 0 aliphatic carbocycles. The van der Waals surface area contributed by atoms with E-state index in [-0.39, 0.29) is 25.6 Å². The molecule has 0 radical (unpaired) electrons. The predicted octanol–water partition coefficient (Wildman–Crippen LogP) is 15.0. The van der Waals surface area contributed by atoms with E-state index in [0.717, 1.165) is 32.1 Å². The Kier molecular flexibility index (Phi) is 47.5. The number of phosphoric acid groups is 1. The fourth-order valence-corrected chi connectivity index (χ4v) is 8.62. The molecule has 0 aromatic heterocycles. The van der Waals surface area contributed by atoms with Crippen LogP contribution < -0.4 is 0 Å². The summed E-state index contributed by atoms with van der Waals surface area (Å²) in [5, 5.41) is 18.4. The van der Waals surface area contributed by atoms with Crippen molar-refractivity contribution in [2.45, 2.75) is 283 Å². The van der Waals surface area contributed by atoms with Gasteiger partial charge in [-0.15, -0.1) is 0 Å². The van der Waals surface area contributed by atoms with E-state index in [9.17, 15) is 19.4 Å². The molecule has 0 saturated heterocycles. The molecule has 9 nitrogen and oxygen atoms in total. The number of hydrogen-bond donors (Lipinski definition) is 3. The van der Waals surface area contributed by atoms with Crippen LogP contribution in [0.2, 0.25) is 0 Å². The van der Waals surface area contributed by atoms with Crippen molar-refractivity contribution in [2.75, 3.05) is 33.0 Å². The molecule has 0 bridgehead atoms. The third kappa shape index (κ3) is 47.0. The van der Waals surface area contributed by atoms with E-state index in [1.807, 2.05) is 0 Å². The van der Waals surface area contributed by atoms with Gasteiger partial charge in [0.1, 0.15) is 12.2 Å². The first-order valence-electron chi connectivity index (χ1n) is 26.0. The van der Waals surface area contributed by atoms with E-state index in [0.29, 0.717) is 6.61 Å². The second-order valence-corrected chi connectivity index (χ2v) is 19.4. The Bertz CT molecular complexity index is 907. The van der Waals surface area contributed by atoms with Crippen molar-refractivity contribution < 1.29 is 43.0 Å². The van der Waals surface area contributed by atoms with E-state index in [1.54, 1.807) is 0 Å². The molecule has 0 aromatic rings. The Morgan fingerprint density at radius 1 is 0.450 bits per heavy atom. The summed E-state index contributed by atoms with van der Waals surface area (Å²) in [4.78, 5) is 22.7. The summed E-state index contributed by atoms with van der Waals surface area (Å²) in [5.74, 6) is -0.373. The van der Waals surface area contributed by atoms with E-state index in [2.05, 4.69) is 13.8 Å². The SMILES string of the molecule is CCCCCCCCCCCCCCCCCCCCCCCCC(=O)OC(COCCCCCCCCCCCCCCCCCCC)COP(=O)(O)OCC(O)CO. The van der Waals surface area contributed by atoms with Gasteiger partial charge in [0.05, 0.1) is 26.4 Å². The van der Waals surface area contributed by atoms with Gasteiger partial charge in [-0.05, 0) is 12.8 Å². The lowest BCUT2D eigenvalue weighted by Gasteiger charge is -2.20. The molecular formula is C50H101O9P. The van der Waals surface area contributed by atoms with Crippen molar-refractivity contribution in [3.05, 3.63) is 0 Å². The monoisotopic (exact) mass is 877 g/mol. The largest absolute Gasteiger partial charge is 0.472 e. The van der Waals surface area contributed by atoms with Crippen molar-refractivity contribution >= 4 is 13.8 Å². The minimum atomic E-state index is -4.51. The first kappa shape index (κ1) is 59.5. The Hall–Kier alpha value is -0.540. The molecule has 0 aliphatic heterocycles. The maximum absolute atomic E-state index is 12.7. The lowest BCUT2D eigenvalue weighted by molar-refractivity contribution is -0.154. The van der Waals surface area contributed by atoms with E-state index < -0.39 is 33.2 Å². The summed E-state index contributed by atoms with van der Waals surface area (Å²) in [5.41, 5.74) is 0. The average molecular weight is 877 g/mol. The van der Waals surface area contributed by atoms with Gasteiger partial charge in [0, 0.05) is 13.0 Å². The van der Waals surface area contributed by atoms with Crippen LogP contribution in [0.25, 0.3) is 0 Å². The number of phosphoric ester groups is 1. The highest BCUT2D eigenvalue weighted by molar-refractivity contribution is 7.47. The van der Waals surface area contributed by atoms with Crippen LogP contribution in [0.3, 0.4) is 0 Å². The van der Waals surface area contributed by atoms with E-state index >= 15 is 0 Å². The first-order chi connectivity index (χ1) is 29.3. The van der Waals surface area contributed by atoms with Gasteiger partial charge in [-0.1, -0.05) is 251 Å². The van der Waals surface area contributed by atoms with Gasteiger partial charge >= 0.3 is 13.8 Å². The zero-order valence-electron chi connectivity index (χ0n) is 39.7. The van der Waals surface area contributed by atoms with Crippen LogP contribution >= 0.6 is 7.82 Å². The average Bonchev–Trinajstić information content (AvgIpc) is 3.24. The summed E-state index contributed by atoms with van der Waals surface area (Å²) in [6.45, 7) is 3.61. The molecule has 0 heterocycles. The van der Waals surface area contributed by atoms with Crippen LogP contribution in [0.1, 0.15) is 271 Å². The van der Waals surface area contributed by atoms with Crippen molar-refractivity contribution in [3.8, 4) is 0 Å². The predicted molar refractivity (Wildman–Crippen MR) is 252 cm³/mol. The van der Waals surface area contributed by atoms with Crippen LogP contribution in [0.5, 0.6) is 0 Å². The summed E-state index contributed by atoms with van der Waals surface area (Å²) < 4.78 is 33.5. The normalized spacial score (nSPS) is 13.8. The zero-order chi connectivity index (χ0) is 43.9. The minimum absolute atomic E-state index is 0.0587. The second-order valence-electron chi connectivity index (χ2n) is 17.9. The molecule has 0 aliphatic rings. The lowest BCUT2D eigenvalue weighted by atomic mass is 10.0. The molecule has 3 unspecified atom stereocenters. The Balaban J connectivity index is 4.00. The molecule has 360 valence electrons. The maximum Gasteiger partial charge on any atom is 0.472 e. The molecule has 0 amide bonds. The van der Waals surface area contributed by atoms with Crippen LogP contribution in [0.4, 0.5) is 0 Å². The molecule has 10 heteroatoms. The topological polar surface area (TPSA) is 132 Å². The number of rotatable bonds is 51. The third-order valence-electron chi connectivity index (χ3n) is 11.8. The molecule has 3 N–H and O–H groups in total. The van der Waals surface area contributed by atoms with Gasteiger partial charge in [0.25, 0.3) is 0 Å². The van der Waals surface area contributed by atoms with E-state index in [1.165, 1.54) is 218 Å². The van der Waals surface area contributed by atoms with Gasteiger partial charge in [-0.25, -0.2) is 4.57 Å². The molecule has 3 atom stereocenters. The highest BCUT2D eigenvalue weighted by Crippen LogP contribution is 2.43. The lowest BCUT2D eigenvalue weighted by Crippen LogP contribution is -2.29. The molecule has 0 rings (SSSR count). The van der Waals surface area contributed by atoms with Crippen LogP contribution in [-0.4, -0.2) is 66.3 Å². The van der Waals surface area contributed by atoms with Crippen molar-refractivity contribution in [1.29, 1.82) is 0 Å². The summed E-state index contributed by atoms with van der Waals surface area (Å²) in [6, 6.07) is 0. The number of unbranched alkanes of at least 4 members (excludes halogenated alkanes) is 37. The van der Waals surface area contributed by atoms with Crippen molar-refractivity contribution in [2.24, 2.45) is 0 Å². The summed E-state index contributed by atoms with van der Waals surface area (Å²) in [6.07, 6.45) is 49.3.